The first-order chi connectivity index (χ1) is 10.8. The molecular formula is C17H24N2O4. The molecule has 2 saturated heterocycles. The first-order valence-corrected chi connectivity index (χ1v) is 8.11. The van der Waals surface area contributed by atoms with E-state index in [0.717, 1.165) is 18.5 Å². The van der Waals surface area contributed by atoms with Crippen molar-refractivity contribution in [2.75, 3.05) is 19.6 Å². The fourth-order valence-electron chi connectivity index (χ4n) is 3.68. The highest BCUT2D eigenvalue weighted by Crippen LogP contribution is 2.48. The molecule has 0 saturated carbocycles. The largest absolute Gasteiger partial charge is 0.472 e. The number of carbonyl (C=O) groups excluding carboxylic acids is 2. The summed E-state index contributed by atoms with van der Waals surface area (Å²) in [5.74, 6) is -0.0624. The van der Waals surface area contributed by atoms with Gasteiger partial charge in [0.15, 0.2) is 0 Å². The molecule has 1 spiro atoms. The minimum absolute atomic E-state index is 0.0717. The number of hydrogen-bond acceptors (Lipinski definition) is 5. The van der Waals surface area contributed by atoms with Crippen LogP contribution in [0.2, 0.25) is 0 Å². The van der Waals surface area contributed by atoms with Crippen molar-refractivity contribution in [1.82, 2.24) is 10.2 Å². The van der Waals surface area contributed by atoms with Crippen molar-refractivity contribution in [2.45, 2.75) is 45.1 Å². The van der Waals surface area contributed by atoms with E-state index < -0.39 is 17.1 Å². The fourth-order valence-corrected chi connectivity index (χ4v) is 3.68. The minimum Gasteiger partial charge on any atom is -0.472 e. The molecule has 126 valence electrons. The second-order valence-corrected chi connectivity index (χ2v) is 7.42. The lowest BCUT2D eigenvalue weighted by Crippen LogP contribution is -2.51. The van der Waals surface area contributed by atoms with Gasteiger partial charge in [0, 0.05) is 19.0 Å². The van der Waals surface area contributed by atoms with Crippen molar-refractivity contribution in [1.29, 1.82) is 0 Å². The number of carbonyl (C=O) groups is 2. The van der Waals surface area contributed by atoms with Crippen molar-refractivity contribution < 1.29 is 18.7 Å². The third-order valence-electron chi connectivity index (χ3n) is 4.73. The Morgan fingerprint density at radius 3 is 2.91 bits per heavy atom. The molecule has 23 heavy (non-hydrogen) atoms. The average molecular weight is 320 g/mol. The second kappa shape index (κ2) is 5.67. The van der Waals surface area contributed by atoms with Crippen LogP contribution in [0.1, 0.15) is 45.1 Å². The van der Waals surface area contributed by atoms with Gasteiger partial charge in [0.05, 0.1) is 17.9 Å². The normalized spacial score (nSPS) is 28.4. The Morgan fingerprint density at radius 2 is 2.26 bits per heavy atom. The van der Waals surface area contributed by atoms with Gasteiger partial charge in [-0.05, 0) is 51.8 Å². The number of amides is 2. The molecule has 2 aliphatic heterocycles. The molecule has 0 unspecified atom stereocenters. The highest BCUT2D eigenvalue weighted by molar-refractivity contribution is 5.98. The zero-order chi connectivity index (χ0) is 16.7. The summed E-state index contributed by atoms with van der Waals surface area (Å²) in [6.45, 7) is 7.26. The summed E-state index contributed by atoms with van der Waals surface area (Å²) in [5, 5.41) is 3.32. The Balaban J connectivity index is 1.84. The predicted octanol–water partition coefficient (Wildman–Crippen LogP) is 2.51. The quantitative estimate of drug-likeness (QED) is 0.861. The van der Waals surface area contributed by atoms with Crippen LogP contribution in [0.4, 0.5) is 4.79 Å². The molecule has 0 aromatic carbocycles. The van der Waals surface area contributed by atoms with Gasteiger partial charge in [-0.3, -0.25) is 4.79 Å². The van der Waals surface area contributed by atoms with Crippen molar-refractivity contribution in [3.05, 3.63) is 24.2 Å². The standard InChI is InChI=1S/C17H24N2O4/c1-16(2,3)23-15(21)19-8-6-17(14(19)20)11-18-7-4-13(17)12-5-9-22-10-12/h5,9-10,13,18H,4,6-8,11H2,1-3H3/t13-,17-/m0/s1. The van der Waals surface area contributed by atoms with Crippen molar-refractivity contribution in [2.24, 2.45) is 5.41 Å². The van der Waals surface area contributed by atoms with E-state index >= 15 is 0 Å². The van der Waals surface area contributed by atoms with Crippen LogP contribution in [0.25, 0.3) is 0 Å². The van der Waals surface area contributed by atoms with Gasteiger partial charge in [0.25, 0.3) is 0 Å². The topological polar surface area (TPSA) is 71.8 Å². The molecule has 3 rings (SSSR count). The SMILES string of the molecule is CC(C)(C)OC(=O)N1CC[C@@]2(CNCC[C@H]2c2ccoc2)C1=O. The Hall–Kier alpha value is -1.82. The van der Waals surface area contributed by atoms with Gasteiger partial charge in [-0.25, -0.2) is 9.69 Å². The molecule has 2 aliphatic rings. The summed E-state index contributed by atoms with van der Waals surface area (Å²) >= 11 is 0. The summed E-state index contributed by atoms with van der Waals surface area (Å²) in [5.41, 5.74) is -0.160. The van der Waals surface area contributed by atoms with Crippen LogP contribution < -0.4 is 5.32 Å². The lowest BCUT2D eigenvalue weighted by Gasteiger charge is -2.39. The maximum Gasteiger partial charge on any atom is 0.417 e. The molecule has 0 aliphatic carbocycles. The van der Waals surface area contributed by atoms with Crippen molar-refractivity contribution in [3.63, 3.8) is 0 Å². The van der Waals surface area contributed by atoms with Gasteiger partial charge in [-0.2, -0.15) is 0 Å². The number of nitrogens with one attached hydrogen (secondary N) is 1. The van der Waals surface area contributed by atoms with Crippen LogP contribution in [0, 0.1) is 5.41 Å². The van der Waals surface area contributed by atoms with E-state index in [-0.39, 0.29) is 11.8 Å². The van der Waals surface area contributed by atoms with Gasteiger partial charge in [-0.1, -0.05) is 0 Å². The van der Waals surface area contributed by atoms with E-state index in [9.17, 15) is 9.59 Å². The molecule has 0 bridgehead atoms. The predicted molar refractivity (Wildman–Crippen MR) is 83.9 cm³/mol. The number of furan rings is 1. The van der Waals surface area contributed by atoms with E-state index in [1.54, 1.807) is 33.3 Å². The van der Waals surface area contributed by atoms with Crippen molar-refractivity contribution in [3.8, 4) is 0 Å². The molecule has 1 N–H and O–H groups in total. The Bertz CT molecular complexity index is 590. The highest BCUT2D eigenvalue weighted by Gasteiger charge is 2.55. The fraction of sp³-hybridized carbons (Fsp3) is 0.647. The number of hydrogen-bond donors (Lipinski definition) is 1. The van der Waals surface area contributed by atoms with E-state index in [1.165, 1.54) is 4.90 Å². The minimum atomic E-state index is -0.609. The van der Waals surface area contributed by atoms with Crippen LogP contribution in [0.5, 0.6) is 0 Å². The summed E-state index contributed by atoms with van der Waals surface area (Å²) < 4.78 is 10.6. The molecule has 2 atom stereocenters. The molecule has 1 aromatic rings. The second-order valence-electron chi connectivity index (χ2n) is 7.42. The zero-order valence-electron chi connectivity index (χ0n) is 13.9. The zero-order valence-corrected chi connectivity index (χ0v) is 13.9. The summed E-state index contributed by atoms with van der Waals surface area (Å²) in [4.78, 5) is 26.7. The Morgan fingerprint density at radius 1 is 1.48 bits per heavy atom. The molecule has 6 heteroatoms. The van der Waals surface area contributed by atoms with Crippen molar-refractivity contribution >= 4 is 12.0 Å². The molecular weight excluding hydrogens is 296 g/mol. The van der Waals surface area contributed by atoms with Crippen LogP contribution in [0.3, 0.4) is 0 Å². The van der Waals surface area contributed by atoms with Gasteiger partial charge in [0.2, 0.25) is 5.91 Å². The lowest BCUT2D eigenvalue weighted by atomic mass is 9.68. The molecule has 0 radical (unpaired) electrons. The lowest BCUT2D eigenvalue weighted by molar-refractivity contribution is -0.137. The maximum atomic E-state index is 13.1. The van der Waals surface area contributed by atoms with Gasteiger partial charge < -0.3 is 14.5 Å². The van der Waals surface area contributed by atoms with E-state index in [4.69, 9.17) is 9.15 Å². The number of ether oxygens (including phenoxy) is 1. The number of imide groups is 1. The number of nitrogens with zero attached hydrogens (tertiary/aromatic N) is 1. The third kappa shape index (κ3) is 2.87. The van der Waals surface area contributed by atoms with Gasteiger partial charge in [0.1, 0.15) is 5.60 Å². The van der Waals surface area contributed by atoms with Gasteiger partial charge in [-0.15, -0.1) is 0 Å². The monoisotopic (exact) mass is 320 g/mol. The van der Waals surface area contributed by atoms with Gasteiger partial charge >= 0.3 is 6.09 Å². The Labute approximate surface area is 136 Å². The van der Waals surface area contributed by atoms with E-state index in [2.05, 4.69) is 5.32 Å². The molecule has 2 fully saturated rings. The molecule has 6 nitrogen and oxygen atoms in total. The maximum absolute atomic E-state index is 13.1. The highest BCUT2D eigenvalue weighted by atomic mass is 16.6. The first kappa shape index (κ1) is 16.1. The Kier molecular flexibility index (Phi) is 3.96. The molecule has 1 aromatic heterocycles. The van der Waals surface area contributed by atoms with Crippen LogP contribution in [-0.4, -0.2) is 42.1 Å². The summed E-state index contributed by atoms with van der Waals surface area (Å²) in [7, 11) is 0. The number of rotatable bonds is 1. The van der Waals surface area contributed by atoms with Crippen LogP contribution in [-0.2, 0) is 9.53 Å². The molecule has 2 amide bonds. The third-order valence-corrected chi connectivity index (χ3v) is 4.73. The number of likely N-dealkylation sites (tertiary alicyclic amines) is 1. The summed E-state index contributed by atoms with van der Waals surface area (Å²) in [6, 6.07) is 1.92. The smallest absolute Gasteiger partial charge is 0.417 e. The average Bonchev–Trinajstić information content (AvgIpc) is 3.08. The van der Waals surface area contributed by atoms with E-state index in [0.29, 0.717) is 19.5 Å². The van der Waals surface area contributed by atoms with Crippen LogP contribution >= 0.6 is 0 Å². The number of piperidine rings is 1. The van der Waals surface area contributed by atoms with E-state index in [1.807, 2.05) is 6.07 Å². The van der Waals surface area contributed by atoms with Crippen LogP contribution in [0.15, 0.2) is 23.0 Å². The summed E-state index contributed by atoms with van der Waals surface area (Å²) in [6.07, 6.45) is 4.30. The first-order valence-electron chi connectivity index (χ1n) is 8.11. The molecule has 3 heterocycles.